The summed E-state index contributed by atoms with van der Waals surface area (Å²) in [5.74, 6) is 5.70. The first-order valence-electron chi connectivity index (χ1n) is 14.3. The number of aromatic nitrogens is 2. The van der Waals surface area contributed by atoms with Crippen LogP contribution in [0.1, 0.15) is 80.1 Å². The van der Waals surface area contributed by atoms with Crippen molar-refractivity contribution in [2.45, 2.75) is 92.3 Å². The fourth-order valence-corrected chi connectivity index (χ4v) is 6.81. The molecule has 0 saturated heterocycles. The molecule has 194 valence electrons. The van der Waals surface area contributed by atoms with E-state index in [-0.39, 0.29) is 12.2 Å². The number of hydrogen-bond acceptors (Lipinski definition) is 4. The van der Waals surface area contributed by atoms with E-state index in [2.05, 4.69) is 53.7 Å². The van der Waals surface area contributed by atoms with Crippen LogP contribution < -0.4 is 9.47 Å². The average molecular weight is 489 g/mol. The maximum Gasteiger partial charge on any atom is 0.130 e. The van der Waals surface area contributed by atoms with E-state index in [0.717, 1.165) is 46.1 Å². The number of rotatable bonds is 6. The molecule has 3 aromatic rings. The first-order valence-corrected chi connectivity index (χ1v) is 14.3. The van der Waals surface area contributed by atoms with Gasteiger partial charge >= 0.3 is 0 Å². The fraction of sp³-hybridized carbons (Fsp3) is 0.625. The normalized spacial score (nSPS) is 29.2. The van der Waals surface area contributed by atoms with Crippen molar-refractivity contribution in [3.63, 3.8) is 0 Å². The molecule has 0 N–H and O–H groups in total. The lowest BCUT2D eigenvalue weighted by Gasteiger charge is -2.37. The Morgan fingerprint density at radius 2 is 1.06 bits per heavy atom. The number of nitrogens with zero attached hydrogens (tertiary/aromatic N) is 2. The molecule has 2 saturated carbocycles. The lowest BCUT2D eigenvalue weighted by atomic mass is 9.75. The summed E-state index contributed by atoms with van der Waals surface area (Å²) in [5, 5.41) is 2.09. The van der Waals surface area contributed by atoms with Gasteiger partial charge in [0.15, 0.2) is 0 Å². The standard InChI is InChI=1S/C32H44N2O2/c1-19(2)23-9-7-21(5)17-29(23)35-27-13-15-33-31-25(27)11-12-26-28(14-16-34-32(26)31)36-30-18-22(6)8-10-24(30)20(3)4/h11-16,19-24,29-30H,7-10,17-18H2,1-6H3/t21-,22-,23+,24+,29?,30?/m1/s1. The average Bonchev–Trinajstić information content (AvgIpc) is 2.84. The van der Waals surface area contributed by atoms with Crippen molar-refractivity contribution in [3.8, 4) is 11.5 Å². The highest BCUT2D eigenvalue weighted by Crippen LogP contribution is 2.40. The molecular weight excluding hydrogens is 444 g/mol. The minimum atomic E-state index is 0.249. The first kappa shape index (κ1) is 25.3. The van der Waals surface area contributed by atoms with Gasteiger partial charge in [0.1, 0.15) is 34.7 Å². The molecule has 1 aromatic carbocycles. The molecule has 2 heterocycles. The summed E-state index contributed by atoms with van der Waals surface area (Å²) < 4.78 is 13.5. The predicted octanol–water partition coefficient (Wildman–Crippen LogP) is 8.46. The molecular formula is C32H44N2O2. The van der Waals surface area contributed by atoms with Gasteiger partial charge in [-0.05, 0) is 85.5 Å². The zero-order chi connectivity index (χ0) is 25.4. The van der Waals surface area contributed by atoms with Crippen LogP contribution in [-0.4, -0.2) is 22.2 Å². The maximum atomic E-state index is 6.77. The van der Waals surface area contributed by atoms with E-state index >= 15 is 0 Å². The summed E-state index contributed by atoms with van der Waals surface area (Å²) in [6.45, 7) is 14.0. The molecule has 0 spiro atoms. The number of benzene rings is 1. The van der Waals surface area contributed by atoms with Crippen molar-refractivity contribution in [2.75, 3.05) is 0 Å². The predicted molar refractivity (Wildman–Crippen MR) is 149 cm³/mol. The van der Waals surface area contributed by atoms with E-state index in [1.807, 2.05) is 24.5 Å². The topological polar surface area (TPSA) is 44.2 Å². The van der Waals surface area contributed by atoms with Crippen molar-refractivity contribution in [1.82, 2.24) is 9.97 Å². The van der Waals surface area contributed by atoms with Crippen LogP contribution in [0, 0.1) is 35.5 Å². The molecule has 4 nitrogen and oxygen atoms in total. The molecule has 2 aromatic heterocycles. The lowest BCUT2D eigenvalue weighted by molar-refractivity contribution is 0.0468. The van der Waals surface area contributed by atoms with Crippen molar-refractivity contribution in [1.29, 1.82) is 0 Å². The van der Waals surface area contributed by atoms with E-state index < -0.39 is 0 Å². The highest BCUT2D eigenvalue weighted by Gasteiger charge is 2.34. The van der Waals surface area contributed by atoms with Crippen molar-refractivity contribution in [2.24, 2.45) is 35.5 Å². The second-order valence-electron chi connectivity index (χ2n) is 12.4. The van der Waals surface area contributed by atoms with Gasteiger partial charge in [0.05, 0.1) is 0 Å². The maximum absolute atomic E-state index is 6.77. The minimum absolute atomic E-state index is 0.249. The van der Waals surface area contributed by atoms with E-state index in [1.165, 1.54) is 25.7 Å². The summed E-state index contributed by atoms with van der Waals surface area (Å²) >= 11 is 0. The number of ether oxygens (including phenoxy) is 2. The summed E-state index contributed by atoms with van der Waals surface area (Å²) in [7, 11) is 0. The SMILES string of the molecule is CC(C)[C@@H]1CC[C@@H](C)CC1Oc1ccnc2c1ccc1c(OC3C[C@H](C)CC[C@H]3C(C)C)ccnc12. The summed E-state index contributed by atoms with van der Waals surface area (Å²) in [4.78, 5) is 9.55. The van der Waals surface area contributed by atoms with Gasteiger partial charge in [-0.1, -0.05) is 54.4 Å². The van der Waals surface area contributed by atoms with E-state index in [1.54, 1.807) is 0 Å². The summed E-state index contributed by atoms with van der Waals surface area (Å²) in [6.07, 6.45) is 11.6. The van der Waals surface area contributed by atoms with Crippen molar-refractivity contribution >= 4 is 21.8 Å². The van der Waals surface area contributed by atoms with Gasteiger partial charge in [-0.15, -0.1) is 0 Å². The second kappa shape index (κ2) is 10.6. The number of hydrogen-bond donors (Lipinski definition) is 0. The fourth-order valence-electron chi connectivity index (χ4n) is 6.81. The second-order valence-corrected chi connectivity index (χ2v) is 12.4. The van der Waals surface area contributed by atoms with Crippen molar-refractivity contribution < 1.29 is 9.47 Å². The van der Waals surface area contributed by atoms with Crippen LogP contribution in [0.5, 0.6) is 11.5 Å². The Morgan fingerprint density at radius 3 is 1.44 bits per heavy atom. The Morgan fingerprint density at radius 1 is 0.639 bits per heavy atom. The molecule has 0 aliphatic heterocycles. The largest absolute Gasteiger partial charge is 0.489 e. The van der Waals surface area contributed by atoms with Crippen LogP contribution in [0.2, 0.25) is 0 Å². The van der Waals surface area contributed by atoms with Crippen LogP contribution >= 0.6 is 0 Å². The molecule has 36 heavy (non-hydrogen) atoms. The van der Waals surface area contributed by atoms with E-state index in [0.29, 0.717) is 35.5 Å². The van der Waals surface area contributed by atoms with Gasteiger partial charge in [-0.3, -0.25) is 9.97 Å². The molecule has 4 heteroatoms. The van der Waals surface area contributed by atoms with Gasteiger partial charge in [-0.2, -0.15) is 0 Å². The molecule has 2 aliphatic carbocycles. The van der Waals surface area contributed by atoms with Gasteiger partial charge in [0.25, 0.3) is 0 Å². The zero-order valence-corrected chi connectivity index (χ0v) is 23.0. The molecule has 6 atom stereocenters. The highest BCUT2D eigenvalue weighted by molar-refractivity contribution is 6.06. The third-order valence-electron chi connectivity index (χ3n) is 9.02. The monoisotopic (exact) mass is 488 g/mol. The molecule has 2 unspecified atom stereocenters. The third kappa shape index (κ3) is 5.06. The zero-order valence-electron chi connectivity index (χ0n) is 23.0. The first-order chi connectivity index (χ1) is 17.3. The molecule has 2 aliphatic rings. The van der Waals surface area contributed by atoms with Crippen LogP contribution in [0.15, 0.2) is 36.7 Å². The highest BCUT2D eigenvalue weighted by atomic mass is 16.5. The minimum Gasteiger partial charge on any atom is -0.489 e. The Labute approximate surface area is 217 Å². The third-order valence-corrected chi connectivity index (χ3v) is 9.02. The van der Waals surface area contributed by atoms with Crippen LogP contribution in [-0.2, 0) is 0 Å². The quantitative estimate of drug-likeness (QED) is 0.326. The molecule has 0 bridgehead atoms. The molecule has 2 fully saturated rings. The van der Waals surface area contributed by atoms with Gasteiger partial charge in [-0.25, -0.2) is 0 Å². The smallest absolute Gasteiger partial charge is 0.130 e. The summed E-state index contributed by atoms with van der Waals surface area (Å²) in [6, 6.07) is 8.38. The Bertz CT molecular complexity index is 1100. The van der Waals surface area contributed by atoms with E-state index in [9.17, 15) is 0 Å². The Hall–Kier alpha value is -2.36. The van der Waals surface area contributed by atoms with Crippen LogP contribution in [0.4, 0.5) is 0 Å². The van der Waals surface area contributed by atoms with Crippen molar-refractivity contribution in [3.05, 3.63) is 36.7 Å². The molecule has 5 rings (SSSR count). The molecule has 0 radical (unpaired) electrons. The Balaban J connectivity index is 1.48. The van der Waals surface area contributed by atoms with Crippen LogP contribution in [0.25, 0.3) is 21.8 Å². The van der Waals surface area contributed by atoms with Gasteiger partial charge < -0.3 is 9.47 Å². The summed E-state index contributed by atoms with van der Waals surface area (Å²) in [5.41, 5.74) is 1.80. The number of pyridine rings is 2. The van der Waals surface area contributed by atoms with E-state index in [4.69, 9.17) is 19.4 Å². The van der Waals surface area contributed by atoms with Gasteiger partial charge in [0.2, 0.25) is 0 Å². The van der Waals surface area contributed by atoms with Gasteiger partial charge in [0, 0.05) is 23.2 Å². The lowest BCUT2D eigenvalue weighted by Crippen LogP contribution is -2.36. The molecule has 0 amide bonds. The van der Waals surface area contributed by atoms with Crippen LogP contribution in [0.3, 0.4) is 0 Å². The number of fused-ring (bicyclic) bond motifs is 3. The Kier molecular flexibility index (Phi) is 7.42.